The summed E-state index contributed by atoms with van der Waals surface area (Å²) in [5, 5.41) is 0. The van der Waals surface area contributed by atoms with Crippen LogP contribution in [0.15, 0.2) is 12.1 Å². The quantitative estimate of drug-likeness (QED) is 0.856. The third-order valence-electron chi connectivity index (χ3n) is 4.44. The fourth-order valence-electron chi connectivity index (χ4n) is 3.15. The van der Waals surface area contributed by atoms with Gasteiger partial charge >= 0.3 is 0 Å². The number of nitrogens with zero attached hydrogens (tertiary/aromatic N) is 2. The topological polar surface area (TPSA) is 43.8 Å². The van der Waals surface area contributed by atoms with Gasteiger partial charge in [-0.2, -0.15) is 0 Å². The molecule has 2 aromatic rings. The Balaban J connectivity index is 2.08. The Labute approximate surface area is 116 Å². The molecule has 0 unspecified atom stereocenters. The van der Waals surface area contributed by atoms with Gasteiger partial charge in [-0.05, 0) is 43.2 Å². The number of aromatic nitrogens is 2. The van der Waals surface area contributed by atoms with Gasteiger partial charge in [-0.15, -0.1) is 0 Å². The van der Waals surface area contributed by atoms with Crippen LogP contribution in [-0.2, 0) is 0 Å². The maximum atomic E-state index is 14.1. The molecule has 1 saturated carbocycles. The minimum absolute atomic E-state index is 0.101. The van der Waals surface area contributed by atoms with Crippen molar-refractivity contribution in [3.8, 4) is 0 Å². The molecule has 0 atom stereocenters. The summed E-state index contributed by atoms with van der Waals surface area (Å²) in [5.74, 6) is -1.43. The van der Waals surface area contributed by atoms with E-state index in [-0.39, 0.29) is 17.5 Å². The van der Waals surface area contributed by atoms with Crippen molar-refractivity contribution < 1.29 is 8.78 Å². The smallest absolute Gasteiger partial charge is 0.201 e. The van der Waals surface area contributed by atoms with E-state index in [1.54, 1.807) is 4.57 Å². The zero-order valence-electron chi connectivity index (χ0n) is 11.8. The molecule has 1 aromatic carbocycles. The lowest BCUT2D eigenvalue weighted by atomic mass is 9.75. The van der Waals surface area contributed by atoms with Crippen LogP contribution in [0.2, 0.25) is 0 Å². The second kappa shape index (κ2) is 4.43. The van der Waals surface area contributed by atoms with E-state index in [9.17, 15) is 8.78 Å². The molecule has 0 aliphatic heterocycles. The van der Waals surface area contributed by atoms with E-state index in [4.69, 9.17) is 5.73 Å². The first kappa shape index (κ1) is 13.3. The molecule has 0 spiro atoms. The van der Waals surface area contributed by atoms with Crippen LogP contribution in [0.3, 0.4) is 0 Å². The Hall–Kier alpha value is -1.65. The van der Waals surface area contributed by atoms with E-state index in [1.807, 2.05) is 0 Å². The van der Waals surface area contributed by atoms with Gasteiger partial charge in [-0.1, -0.05) is 13.8 Å². The molecule has 0 saturated heterocycles. The second-order valence-electron chi connectivity index (χ2n) is 6.46. The average Bonchev–Trinajstić information content (AvgIpc) is 2.72. The zero-order chi connectivity index (χ0) is 14.5. The number of rotatable bonds is 1. The highest BCUT2D eigenvalue weighted by Gasteiger charge is 2.30. The van der Waals surface area contributed by atoms with Crippen LogP contribution in [0, 0.1) is 17.0 Å². The molecule has 1 heterocycles. The summed E-state index contributed by atoms with van der Waals surface area (Å²) in [7, 11) is 0. The maximum Gasteiger partial charge on any atom is 0.201 e. The molecule has 0 amide bonds. The minimum Gasteiger partial charge on any atom is -0.369 e. The number of anilines is 1. The van der Waals surface area contributed by atoms with Gasteiger partial charge in [0.25, 0.3) is 0 Å². The first-order valence-electron chi connectivity index (χ1n) is 7.00. The molecule has 108 valence electrons. The Morgan fingerprint density at radius 1 is 1.25 bits per heavy atom. The molecule has 20 heavy (non-hydrogen) atoms. The molecular weight excluding hydrogens is 260 g/mol. The van der Waals surface area contributed by atoms with Crippen LogP contribution in [-0.4, -0.2) is 9.55 Å². The molecule has 1 fully saturated rings. The summed E-state index contributed by atoms with van der Waals surface area (Å²) in [6.07, 6.45) is 3.93. The first-order chi connectivity index (χ1) is 9.39. The van der Waals surface area contributed by atoms with E-state index in [2.05, 4.69) is 18.8 Å². The van der Waals surface area contributed by atoms with Crippen LogP contribution in [0.5, 0.6) is 0 Å². The van der Waals surface area contributed by atoms with Gasteiger partial charge in [0.15, 0.2) is 11.6 Å². The van der Waals surface area contributed by atoms with Crippen LogP contribution in [0.1, 0.15) is 45.6 Å². The molecule has 5 heteroatoms. The van der Waals surface area contributed by atoms with Crippen molar-refractivity contribution >= 4 is 17.0 Å². The molecule has 0 radical (unpaired) electrons. The van der Waals surface area contributed by atoms with Crippen LogP contribution in [0.4, 0.5) is 14.7 Å². The van der Waals surface area contributed by atoms with Crippen molar-refractivity contribution in [2.24, 2.45) is 5.41 Å². The normalized spacial score (nSPS) is 19.6. The molecule has 0 bridgehead atoms. The number of hydrogen-bond donors (Lipinski definition) is 1. The summed E-state index contributed by atoms with van der Waals surface area (Å²) in [4.78, 5) is 4.16. The Kier molecular flexibility index (Phi) is 2.96. The Morgan fingerprint density at radius 2 is 1.90 bits per heavy atom. The van der Waals surface area contributed by atoms with Crippen molar-refractivity contribution in [2.75, 3.05) is 5.73 Å². The van der Waals surface area contributed by atoms with Crippen molar-refractivity contribution in [1.29, 1.82) is 0 Å². The van der Waals surface area contributed by atoms with Crippen molar-refractivity contribution in [2.45, 2.75) is 45.6 Å². The van der Waals surface area contributed by atoms with E-state index < -0.39 is 11.6 Å². The molecular formula is C15H19F2N3. The fraction of sp³-hybridized carbons (Fsp3) is 0.533. The maximum absolute atomic E-state index is 14.1. The third-order valence-corrected chi connectivity index (χ3v) is 4.44. The van der Waals surface area contributed by atoms with E-state index in [1.165, 1.54) is 6.07 Å². The molecule has 1 aliphatic carbocycles. The van der Waals surface area contributed by atoms with Gasteiger partial charge in [-0.25, -0.2) is 13.8 Å². The van der Waals surface area contributed by atoms with Crippen molar-refractivity contribution in [1.82, 2.24) is 9.55 Å². The van der Waals surface area contributed by atoms with Gasteiger partial charge in [0.05, 0.1) is 5.52 Å². The molecule has 1 aromatic heterocycles. The average molecular weight is 279 g/mol. The first-order valence-corrected chi connectivity index (χ1v) is 7.00. The number of fused-ring (bicyclic) bond motifs is 1. The van der Waals surface area contributed by atoms with Crippen molar-refractivity contribution in [3.05, 3.63) is 23.8 Å². The van der Waals surface area contributed by atoms with Crippen molar-refractivity contribution in [3.63, 3.8) is 0 Å². The van der Waals surface area contributed by atoms with Gasteiger partial charge in [-0.3, -0.25) is 0 Å². The van der Waals surface area contributed by atoms with Gasteiger partial charge in [0.1, 0.15) is 5.52 Å². The lowest BCUT2D eigenvalue weighted by Crippen LogP contribution is -2.24. The lowest BCUT2D eigenvalue weighted by molar-refractivity contribution is 0.196. The standard InChI is InChI=1S/C15H19F2N3/c1-15(2)7-5-9(6-8-15)20-13-11(19-14(20)18)4-3-10(16)12(13)17/h3-4,9H,5-8H2,1-2H3,(H2,18,19). The molecule has 2 N–H and O–H groups in total. The number of nitrogens with two attached hydrogens (primary N) is 1. The SMILES string of the molecule is CC1(C)CCC(n2c(N)nc3ccc(F)c(F)c32)CC1. The van der Waals surface area contributed by atoms with E-state index in [0.717, 1.165) is 31.7 Å². The lowest BCUT2D eigenvalue weighted by Gasteiger charge is -2.35. The highest BCUT2D eigenvalue weighted by atomic mass is 19.2. The van der Waals surface area contributed by atoms with Crippen LogP contribution >= 0.6 is 0 Å². The Bertz CT molecular complexity index is 651. The number of benzene rings is 1. The summed E-state index contributed by atoms with van der Waals surface area (Å²) in [6, 6.07) is 2.68. The number of hydrogen-bond acceptors (Lipinski definition) is 2. The van der Waals surface area contributed by atoms with E-state index in [0.29, 0.717) is 10.9 Å². The summed E-state index contributed by atoms with van der Waals surface area (Å²) in [6.45, 7) is 4.47. The summed E-state index contributed by atoms with van der Waals surface area (Å²) < 4.78 is 29.2. The second-order valence-corrected chi connectivity index (χ2v) is 6.46. The van der Waals surface area contributed by atoms with Crippen LogP contribution < -0.4 is 5.73 Å². The molecule has 1 aliphatic rings. The molecule has 3 nitrogen and oxygen atoms in total. The minimum atomic E-state index is -0.852. The zero-order valence-corrected chi connectivity index (χ0v) is 11.8. The van der Waals surface area contributed by atoms with E-state index >= 15 is 0 Å². The highest BCUT2D eigenvalue weighted by molar-refractivity contribution is 5.79. The van der Waals surface area contributed by atoms with Crippen LogP contribution in [0.25, 0.3) is 11.0 Å². The number of imidazole rings is 1. The number of halogens is 2. The predicted molar refractivity (Wildman–Crippen MR) is 75.3 cm³/mol. The van der Waals surface area contributed by atoms with Gasteiger partial charge in [0, 0.05) is 6.04 Å². The summed E-state index contributed by atoms with van der Waals surface area (Å²) in [5.41, 5.74) is 6.87. The highest BCUT2D eigenvalue weighted by Crippen LogP contribution is 2.42. The third kappa shape index (κ3) is 2.05. The monoisotopic (exact) mass is 279 g/mol. The van der Waals surface area contributed by atoms with Gasteiger partial charge in [0.2, 0.25) is 5.95 Å². The fourth-order valence-corrected chi connectivity index (χ4v) is 3.15. The number of nitrogen functional groups attached to an aromatic ring is 1. The largest absolute Gasteiger partial charge is 0.369 e. The molecule has 3 rings (SSSR count). The Morgan fingerprint density at radius 3 is 2.55 bits per heavy atom. The van der Waals surface area contributed by atoms with Gasteiger partial charge < -0.3 is 10.3 Å². The predicted octanol–water partition coefficient (Wildman–Crippen LogP) is 4.04. The summed E-state index contributed by atoms with van der Waals surface area (Å²) >= 11 is 0.